The van der Waals surface area contributed by atoms with Crippen molar-refractivity contribution in [2.24, 2.45) is 0 Å². The quantitative estimate of drug-likeness (QED) is 0.812. The van der Waals surface area contributed by atoms with Crippen LogP contribution in [-0.2, 0) is 6.54 Å². The molecule has 98 valence electrons. The minimum atomic E-state index is 0.784. The molecule has 0 heterocycles. The lowest BCUT2D eigenvalue weighted by Gasteiger charge is -2.12. The molecule has 0 aliphatic heterocycles. The lowest BCUT2D eigenvalue weighted by atomic mass is 10.0. The van der Waals surface area contributed by atoms with E-state index in [9.17, 15) is 0 Å². The summed E-state index contributed by atoms with van der Waals surface area (Å²) in [5.41, 5.74) is 5.09. The summed E-state index contributed by atoms with van der Waals surface area (Å²) in [6.45, 7) is 2.90. The summed E-state index contributed by atoms with van der Waals surface area (Å²) >= 11 is 6.25. The molecule has 1 aliphatic carbocycles. The maximum atomic E-state index is 6.25. The average molecular weight is 272 g/mol. The minimum Gasteiger partial charge on any atom is -0.380 e. The normalized spacial score (nSPS) is 14.4. The largest absolute Gasteiger partial charge is 0.380 e. The van der Waals surface area contributed by atoms with E-state index in [-0.39, 0.29) is 0 Å². The molecule has 1 nitrogen and oxygen atoms in total. The SMILES string of the molecule is Cc1ccc(NCc2ccccc2C2CC2)c(Cl)c1. The van der Waals surface area contributed by atoms with Gasteiger partial charge in [0.2, 0.25) is 0 Å². The van der Waals surface area contributed by atoms with Gasteiger partial charge in [0.1, 0.15) is 0 Å². The zero-order valence-electron chi connectivity index (χ0n) is 11.1. The maximum absolute atomic E-state index is 6.25. The van der Waals surface area contributed by atoms with Crippen LogP contribution < -0.4 is 5.32 Å². The molecule has 0 bridgehead atoms. The monoisotopic (exact) mass is 271 g/mol. The fourth-order valence-electron chi connectivity index (χ4n) is 2.44. The third-order valence-corrected chi connectivity index (χ3v) is 3.98. The Morgan fingerprint density at radius 3 is 2.68 bits per heavy atom. The number of aryl methyl sites for hydroxylation is 1. The summed E-state index contributed by atoms with van der Waals surface area (Å²) in [6.07, 6.45) is 2.67. The summed E-state index contributed by atoms with van der Waals surface area (Å²) in [6, 6.07) is 14.8. The lowest BCUT2D eigenvalue weighted by molar-refractivity contribution is 1.04. The van der Waals surface area contributed by atoms with Crippen LogP contribution in [0.25, 0.3) is 0 Å². The van der Waals surface area contributed by atoms with Crippen LogP contribution in [0, 0.1) is 6.92 Å². The van der Waals surface area contributed by atoms with Crippen LogP contribution in [0.3, 0.4) is 0 Å². The molecule has 0 aromatic heterocycles. The van der Waals surface area contributed by atoms with Crippen molar-refractivity contribution in [1.29, 1.82) is 0 Å². The number of hydrogen-bond donors (Lipinski definition) is 1. The second-order valence-electron chi connectivity index (χ2n) is 5.31. The molecule has 2 aromatic rings. The summed E-state index contributed by atoms with van der Waals surface area (Å²) in [4.78, 5) is 0. The Morgan fingerprint density at radius 1 is 1.16 bits per heavy atom. The van der Waals surface area contributed by atoms with E-state index >= 15 is 0 Å². The first-order valence-electron chi connectivity index (χ1n) is 6.82. The molecule has 19 heavy (non-hydrogen) atoms. The molecule has 0 radical (unpaired) electrons. The van der Waals surface area contributed by atoms with Gasteiger partial charge < -0.3 is 5.32 Å². The van der Waals surface area contributed by atoms with Crippen molar-refractivity contribution in [3.8, 4) is 0 Å². The zero-order valence-corrected chi connectivity index (χ0v) is 11.9. The Labute approximate surface area is 119 Å². The van der Waals surface area contributed by atoms with E-state index in [2.05, 4.69) is 48.6 Å². The summed E-state index contributed by atoms with van der Waals surface area (Å²) in [5, 5.41) is 4.24. The Hall–Kier alpha value is -1.47. The first-order valence-corrected chi connectivity index (χ1v) is 7.19. The van der Waals surface area contributed by atoms with Crippen molar-refractivity contribution in [2.45, 2.75) is 32.2 Å². The van der Waals surface area contributed by atoms with Crippen LogP contribution in [0.1, 0.15) is 35.4 Å². The van der Waals surface area contributed by atoms with Gasteiger partial charge in [-0.3, -0.25) is 0 Å². The van der Waals surface area contributed by atoms with Gasteiger partial charge in [0, 0.05) is 6.54 Å². The third kappa shape index (κ3) is 2.93. The zero-order chi connectivity index (χ0) is 13.2. The van der Waals surface area contributed by atoms with E-state index < -0.39 is 0 Å². The molecule has 1 aliphatic rings. The van der Waals surface area contributed by atoms with Gasteiger partial charge in [-0.15, -0.1) is 0 Å². The van der Waals surface area contributed by atoms with Gasteiger partial charge in [-0.2, -0.15) is 0 Å². The molecule has 0 saturated heterocycles. The second kappa shape index (κ2) is 5.26. The number of nitrogens with one attached hydrogen (secondary N) is 1. The molecule has 1 fully saturated rings. The van der Waals surface area contributed by atoms with Crippen molar-refractivity contribution in [2.75, 3.05) is 5.32 Å². The molecule has 0 unspecified atom stereocenters. The molecule has 1 N–H and O–H groups in total. The smallest absolute Gasteiger partial charge is 0.0640 e. The third-order valence-electron chi connectivity index (χ3n) is 3.67. The van der Waals surface area contributed by atoms with Crippen LogP contribution in [-0.4, -0.2) is 0 Å². The van der Waals surface area contributed by atoms with Gasteiger partial charge in [0.05, 0.1) is 10.7 Å². The highest BCUT2D eigenvalue weighted by Crippen LogP contribution is 2.41. The van der Waals surface area contributed by atoms with Crippen molar-refractivity contribution in [1.82, 2.24) is 0 Å². The number of rotatable bonds is 4. The molecule has 0 amide bonds. The van der Waals surface area contributed by atoms with Gasteiger partial charge in [-0.1, -0.05) is 41.9 Å². The van der Waals surface area contributed by atoms with E-state index in [1.54, 1.807) is 0 Å². The molecular formula is C17H18ClN. The molecule has 0 atom stereocenters. The first-order chi connectivity index (χ1) is 9.24. The average Bonchev–Trinajstić information content (AvgIpc) is 3.22. The van der Waals surface area contributed by atoms with Crippen molar-refractivity contribution in [3.05, 3.63) is 64.2 Å². The number of hydrogen-bond acceptors (Lipinski definition) is 1. The highest BCUT2D eigenvalue weighted by Gasteiger charge is 2.25. The Balaban J connectivity index is 1.75. The Kier molecular flexibility index (Phi) is 3.48. The molecular weight excluding hydrogens is 254 g/mol. The van der Waals surface area contributed by atoms with E-state index in [0.29, 0.717) is 0 Å². The highest BCUT2D eigenvalue weighted by molar-refractivity contribution is 6.33. The van der Waals surface area contributed by atoms with Gasteiger partial charge >= 0.3 is 0 Å². The van der Waals surface area contributed by atoms with Gasteiger partial charge in [0.25, 0.3) is 0 Å². The standard InChI is InChI=1S/C17H18ClN/c1-12-6-9-17(16(18)10-12)19-11-14-4-2-3-5-15(14)13-7-8-13/h2-6,9-10,13,19H,7-8,11H2,1H3. The molecule has 3 rings (SSSR count). The minimum absolute atomic E-state index is 0.784. The fraction of sp³-hybridized carbons (Fsp3) is 0.294. The molecule has 1 saturated carbocycles. The summed E-state index contributed by atoms with van der Waals surface area (Å²) < 4.78 is 0. The lowest BCUT2D eigenvalue weighted by Crippen LogP contribution is -2.02. The highest BCUT2D eigenvalue weighted by atomic mass is 35.5. The number of halogens is 1. The summed E-state index contributed by atoms with van der Waals surface area (Å²) in [7, 11) is 0. The van der Waals surface area contributed by atoms with Gasteiger partial charge in [-0.25, -0.2) is 0 Å². The van der Waals surface area contributed by atoms with Crippen LogP contribution in [0.5, 0.6) is 0 Å². The molecule has 0 spiro atoms. The first kappa shape index (κ1) is 12.6. The Bertz CT molecular complexity index is 588. The maximum Gasteiger partial charge on any atom is 0.0640 e. The number of benzene rings is 2. The predicted molar refractivity (Wildman–Crippen MR) is 81.9 cm³/mol. The molecule has 2 heteroatoms. The number of anilines is 1. The van der Waals surface area contributed by atoms with E-state index in [1.165, 1.54) is 29.5 Å². The van der Waals surface area contributed by atoms with E-state index in [4.69, 9.17) is 11.6 Å². The summed E-state index contributed by atoms with van der Waals surface area (Å²) in [5.74, 6) is 0.784. The van der Waals surface area contributed by atoms with E-state index in [1.807, 2.05) is 6.07 Å². The van der Waals surface area contributed by atoms with Crippen LogP contribution in [0.4, 0.5) is 5.69 Å². The van der Waals surface area contributed by atoms with Gasteiger partial charge in [0.15, 0.2) is 0 Å². The fourth-order valence-corrected chi connectivity index (χ4v) is 2.74. The van der Waals surface area contributed by atoms with E-state index in [0.717, 1.165) is 23.2 Å². The second-order valence-corrected chi connectivity index (χ2v) is 5.72. The van der Waals surface area contributed by atoms with Crippen LogP contribution in [0.2, 0.25) is 5.02 Å². The van der Waals surface area contributed by atoms with Crippen molar-refractivity contribution >= 4 is 17.3 Å². The van der Waals surface area contributed by atoms with Crippen LogP contribution in [0.15, 0.2) is 42.5 Å². The van der Waals surface area contributed by atoms with Crippen molar-refractivity contribution < 1.29 is 0 Å². The Morgan fingerprint density at radius 2 is 1.95 bits per heavy atom. The van der Waals surface area contributed by atoms with Gasteiger partial charge in [-0.05, 0) is 54.5 Å². The molecule has 2 aromatic carbocycles. The van der Waals surface area contributed by atoms with Crippen LogP contribution >= 0.6 is 11.6 Å². The van der Waals surface area contributed by atoms with Crippen molar-refractivity contribution in [3.63, 3.8) is 0 Å². The topological polar surface area (TPSA) is 12.0 Å². The predicted octanol–water partition coefficient (Wildman–Crippen LogP) is 5.14.